The van der Waals surface area contributed by atoms with Crippen LogP contribution >= 0.6 is 0 Å². The number of nitrogens with zero attached hydrogens (tertiary/aromatic N) is 6. The van der Waals surface area contributed by atoms with Crippen LogP contribution < -0.4 is 0 Å². The normalized spacial score (nSPS) is 12.3. The Labute approximate surface area is 260 Å². The zero-order chi connectivity index (χ0) is 30.1. The van der Waals surface area contributed by atoms with Crippen molar-refractivity contribution < 1.29 is 0 Å². The zero-order valence-electron chi connectivity index (χ0n) is 24.2. The molecule has 5 aromatic heterocycles. The molecule has 46 heavy (non-hydrogen) atoms. The Balaban J connectivity index is 1.30. The fourth-order valence-corrected chi connectivity index (χ4v) is 8.10. The molecule has 6 nitrogen and oxygen atoms in total. The molecule has 11 rings (SSSR count). The van der Waals surface area contributed by atoms with Gasteiger partial charge in [-0.15, -0.1) is 0 Å². The Morgan fingerprint density at radius 2 is 0.891 bits per heavy atom. The molecule has 0 N–H and O–H groups in total. The molecule has 11 aromatic rings. The van der Waals surface area contributed by atoms with Gasteiger partial charge in [-0.05, 0) is 47.9 Å². The van der Waals surface area contributed by atoms with E-state index in [1.165, 1.54) is 10.8 Å². The van der Waals surface area contributed by atoms with E-state index < -0.39 is 0 Å². The van der Waals surface area contributed by atoms with Gasteiger partial charge in [-0.1, -0.05) is 60.7 Å². The predicted molar refractivity (Wildman–Crippen MR) is 186 cm³/mol. The van der Waals surface area contributed by atoms with Gasteiger partial charge in [-0.25, -0.2) is 0 Å². The molecule has 0 aliphatic rings. The highest BCUT2D eigenvalue weighted by molar-refractivity contribution is 6.34. The summed E-state index contributed by atoms with van der Waals surface area (Å²) in [6.07, 6.45) is 5.60. The van der Waals surface area contributed by atoms with Crippen LogP contribution in [0.1, 0.15) is 5.56 Å². The summed E-state index contributed by atoms with van der Waals surface area (Å²) in [5.41, 5.74) is 9.27. The van der Waals surface area contributed by atoms with Crippen LogP contribution in [0.3, 0.4) is 0 Å². The quantitative estimate of drug-likeness (QED) is 0.190. The summed E-state index contributed by atoms with van der Waals surface area (Å²) in [7, 11) is 0. The predicted octanol–water partition coefficient (Wildman–Crippen LogP) is 9.43. The molecule has 0 fully saturated rings. The van der Waals surface area contributed by atoms with E-state index in [0.717, 1.165) is 87.7 Å². The molecule has 0 aliphatic heterocycles. The highest BCUT2D eigenvalue weighted by Crippen LogP contribution is 2.45. The van der Waals surface area contributed by atoms with Crippen molar-refractivity contribution in [2.24, 2.45) is 0 Å². The first-order valence-electron chi connectivity index (χ1n) is 15.3. The van der Waals surface area contributed by atoms with Crippen molar-refractivity contribution in [2.75, 3.05) is 0 Å². The van der Waals surface area contributed by atoms with E-state index in [4.69, 9.17) is 15.0 Å². The van der Waals surface area contributed by atoms with Gasteiger partial charge in [0.25, 0.3) is 0 Å². The molecule has 6 heteroatoms. The molecule has 0 spiro atoms. The van der Waals surface area contributed by atoms with E-state index in [1.807, 2.05) is 36.8 Å². The van der Waals surface area contributed by atoms with E-state index in [2.05, 4.69) is 100 Å². The summed E-state index contributed by atoms with van der Waals surface area (Å²) in [5.74, 6) is 0. The number of hydrogen-bond donors (Lipinski definition) is 0. The maximum absolute atomic E-state index is 11.0. The van der Waals surface area contributed by atoms with Gasteiger partial charge < -0.3 is 9.13 Å². The lowest BCUT2D eigenvalue weighted by molar-refractivity contribution is 1.12. The molecule has 0 atom stereocenters. The maximum Gasteiger partial charge on any atom is 0.104 e. The van der Waals surface area contributed by atoms with Crippen LogP contribution in [0.15, 0.2) is 122 Å². The van der Waals surface area contributed by atoms with Crippen molar-refractivity contribution in [3.05, 3.63) is 127 Å². The van der Waals surface area contributed by atoms with Gasteiger partial charge in [-0.3, -0.25) is 15.0 Å². The van der Waals surface area contributed by atoms with E-state index in [1.54, 1.807) is 0 Å². The van der Waals surface area contributed by atoms with Crippen LogP contribution in [0, 0.1) is 11.3 Å². The summed E-state index contributed by atoms with van der Waals surface area (Å²) in [5, 5.41) is 21.0. The van der Waals surface area contributed by atoms with E-state index in [0.29, 0.717) is 5.56 Å². The van der Waals surface area contributed by atoms with Gasteiger partial charge in [-0.2, -0.15) is 5.26 Å². The molecule has 210 valence electrons. The Morgan fingerprint density at radius 3 is 1.52 bits per heavy atom. The lowest BCUT2D eigenvalue weighted by atomic mass is 9.97. The topological polar surface area (TPSA) is 72.3 Å². The highest BCUT2D eigenvalue weighted by atomic mass is 15.0. The monoisotopic (exact) mass is 584 g/mol. The Bertz CT molecular complexity index is 2730. The fraction of sp³-hybridized carbons (Fsp3) is 0. The van der Waals surface area contributed by atoms with Crippen LogP contribution in [-0.2, 0) is 0 Å². The third-order valence-electron chi connectivity index (χ3n) is 9.81. The van der Waals surface area contributed by atoms with Crippen LogP contribution in [0.5, 0.6) is 0 Å². The molecule has 0 bridgehead atoms. The van der Waals surface area contributed by atoms with Crippen molar-refractivity contribution in [2.45, 2.75) is 0 Å². The van der Waals surface area contributed by atoms with E-state index >= 15 is 0 Å². The smallest absolute Gasteiger partial charge is 0.104 e. The Hall–Kier alpha value is -6.58. The second-order valence-electron chi connectivity index (χ2n) is 11.9. The highest BCUT2D eigenvalue weighted by Gasteiger charge is 2.25. The largest absolute Gasteiger partial charge is 0.308 e. The second-order valence-corrected chi connectivity index (χ2v) is 11.9. The van der Waals surface area contributed by atoms with Crippen LogP contribution in [0.4, 0.5) is 0 Å². The van der Waals surface area contributed by atoms with Crippen molar-refractivity contribution in [3.8, 4) is 17.4 Å². The molecule has 6 aromatic carbocycles. The van der Waals surface area contributed by atoms with Crippen LogP contribution in [-0.4, -0.2) is 24.1 Å². The van der Waals surface area contributed by atoms with Crippen molar-refractivity contribution >= 4 is 87.1 Å². The first-order chi connectivity index (χ1) is 22.8. The van der Waals surface area contributed by atoms with Gasteiger partial charge in [0.1, 0.15) is 11.6 Å². The minimum absolute atomic E-state index is 0.597. The standard InChI is InChI=1S/C40H20N6/c41-21-27-28(45-30-14-3-9-22-23-11-6-18-42-38(23)26-10-4-15-31(45)35(26)34(22)30)12-5-13-29(27)46-32-16-19-43-39-24-7-1-2-8-25(24)40-37(36(32)39)33(46)17-20-44-40/h1-20H. The molecular weight excluding hydrogens is 564 g/mol. The number of hydrogen-bond acceptors (Lipinski definition) is 4. The third kappa shape index (κ3) is 2.71. The van der Waals surface area contributed by atoms with Gasteiger partial charge in [0.2, 0.25) is 0 Å². The number of aromatic nitrogens is 5. The number of fused-ring (bicyclic) bond motifs is 6. The van der Waals surface area contributed by atoms with Crippen LogP contribution in [0.25, 0.3) is 98.5 Å². The summed E-state index contributed by atoms with van der Waals surface area (Å²) in [4.78, 5) is 14.5. The molecule has 0 radical (unpaired) electrons. The van der Waals surface area contributed by atoms with Gasteiger partial charge in [0.15, 0.2) is 0 Å². The second kappa shape index (κ2) is 8.32. The SMILES string of the molecule is N#Cc1c(-n2c3cccc4c5cccnc5c5cccc2c5c43)cccc1-n1c2ccnc3c4ccccc4c4nccc1c4c32. The number of nitriles is 1. The lowest BCUT2D eigenvalue weighted by Gasteiger charge is -2.15. The van der Waals surface area contributed by atoms with Crippen molar-refractivity contribution in [1.82, 2.24) is 24.1 Å². The average Bonchev–Trinajstić information content (AvgIpc) is 3.64. The summed E-state index contributed by atoms with van der Waals surface area (Å²) in [6.45, 7) is 0. The minimum atomic E-state index is 0.597. The molecule has 0 saturated carbocycles. The molecule has 5 heterocycles. The molecule has 0 unspecified atom stereocenters. The van der Waals surface area contributed by atoms with Gasteiger partial charge in [0, 0.05) is 61.7 Å². The molecule has 0 amide bonds. The molecule has 0 saturated heterocycles. The molecule has 0 aliphatic carbocycles. The maximum atomic E-state index is 11.0. The summed E-state index contributed by atoms with van der Waals surface area (Å²) >= 11 is 0. The Kier molecular flexibility index (Phi) is 4.31. The van der Waals surface area contributed by atoms with Gasteiger partial charge >= 0.3 is 0 Å². The summed E-state index contributed by atoms with van der Waals surface area (Å²) < 4.78 is 4.48. The van der Waals surface area contributed by atoms with E-state index in [9.17, 15) is 5.26 Å². The number of benzene rings is 6. The Morgan fingerprint density at radius 1 is 0.413 bits per heavy atom. The van der Waals surface area contributed by atoms with Crippen molar-refractivity contribution in [3.63, 3.8) is 0 Å². The number of pyridine rings is 3. The minimum Gasteiger partial charge on any atom is -0.308 e. The fourth-order valence-electron chi connectivity index (χ4n) is 8.10. The number of rotatable bonds is 2. The van der Waals surface area contributed by atoms with Crippen LogP contribution in [0.2, 0.25) is 0 Å². The zero-order valence-corrected chi connectivity index (χ0v) is 24.2. The molecular formula is C40H20N6. The third-order valence-corrected chi connectivity index (χ3v) is 9.81. The first-order valence-corrected chi connectivity index (χ1v) is 15.3. The van der Waals surface area contributed by atoms with Crippen molar-refractivity contribution in [1.29, 1.82) is 5.26 Å². The van der Waals surface area contributed by atoms with Gasteiger partial charge in [0.05, 0.1) is 50.0 Å². The average molecular weight is 585 g/mol. The van der Waals surface area contributed by atoms with E-state index in [-0.39, 0.29) is 0 Å². The first kappa shape index (κ1) is 23.8. The summed E-state index contributed by atoms with van der Waals surface area (Å²) in [6, 6.07) is 38.2. The lowest BCUT2D eigenvalue weighted by Crippen LogP contribution is -2.04.